The number of hydrogen-bond acceptors (Lipinski definition) is 3. The minimum absolute atomic E-state index is 0.0307. The molecule has 20 heavy (non-hydrogen) atoms. The zero-order chi connectivity index (χ0) is 14.4. The molecule has 0 bridgehead atoms. The van der Waals surface area contributed by atoms with Crippen LogP contribution in [0.2, 0.25) is 0 Å². The molecule has 110 valence electrons. The van der Waals surface area contributed by atoms with E-state index in [2.05, 4.69) is 16.9 Å². The monoisotopic (exact) mass is 292 g/mol. The number of nitrogens with one attached hydrogen (secondary N) is 2. The molecule has 0 aromatic heterocycles. The number of thioether (sulfide) groups is 1. The van der Waals surface area contributed by atoms with E-state index < -0.39 is 0 Å². The summed E-state index contributed by atoms with van der Waals surface area (Å²) in [4.78, 5) is 11.9. The van der Waals surface area contributed by atoms with Crippen molar-refractivity contribution in [2.75, 3.05) is 24.7 Å². The average molecular weight is 292 g/mol. The SMILES string of the molecule is CSC1(CNCC(=O)Nc2ccc(C)cc2)CCCC1. The van der Waals surface area contributed by atoms with E-state index in [1.807, 2.05) is 43.0 Å². The van der Waals surface area contributed by atoms with Crippen molar-refractivity contribution in [1.82, 2.24) is 5.32 Å². The molecule has 0 saturated heterocycles. The fourth-order valence-electron chi connectivity index (χ4n) is 2.72. The van der Waals surface area contributed by atoms with E-state index in [-0.39, 0.29) is 5.91 Å². The number of aryl methyl sites for hydroxylation is 1. The van der Waals surface area contributed by atoms with Gasteiger partial charge in [-0.15, -0.1) is 0 Å². The van der Waals surface area contributed by atoms with Crippen molar-refractivity contribution >= 4 is 23.4 Å². The number of carbonyl (C=O) groups is 1. The van der Waals surface area contributed by atoms with Gasteiger partial charge < -0.3 is 10.6 Å². The van der Waals surface area contributed by atoms with E-state index in [9.17, 15) is 4.79 Å². The van der Waals surface area contributed by atoms with Gasteiger partial charge in [-0.1, -0.05) is 30.5 Å². The lowest BCUT2D eigenvalue weighted by molar-refractivity contribution is -0.115. The minimum Gasteiger partial charge on any atom is -0.325 e. The molecule has 1 aliphatic carbocycles. The van der Waals surface area contributed by atoms with Gasteiger partial charge in [-0.25, -0.2) is 0 Å². The Balaban J connectivity index is 1.73. The van der Waals surface area contributed by atoms with Crippen LogP contribution in [0.3, 0.4) is 0 Å². The second kappa shape index (κ2) is 7.14. The van der Waals surface area contributed by atoms with E-state index in [0.29, 0.717) is 11.3 Å². The normalized spacial score (nSPS) is 17.1. The van der Waals surface area contributed by atoms with Gasteiger partial charge in [0.1, 0.15) is 0 Å². The molecular weight excluding hydrogens is 268 g/mol. The van der Waals surface area contributed by atoms with Crippen molar-refractivity contribution < 1.29 is 4.79 Å². The van der Waals surface area contributed by atoms with Gasteiger partial charge in [0, 0.05) is 17.0 Å². The maximum atomic E-state index is 11.9. The summed E-state index contributed by atoms with van der Waals surface area (Å²) in [6.45, 7) is 3.35. The highest BCUT2D eigenvalue weighted by Crippen LogP contribution is 2.39. The molecule has 0 spiro atoms. The van der Waals surface area contributed by atoms with Gasteiger partial charge in [-0.2, -0.15) is 11.8 Å². The molecule has 3 nitrogen and oxygen atoms in total. The number of hydrogen-bond donors (Lipinski definition) is 2. The number of carbonyl (C=O) groups excluding carboxylic acids is 1. The summed E-state index contributed by atoms with van der Waals surface area (Å²) in [6.07, 6.45) is 7.34. The molecule has 1 fully saturated rings. The predicted octanol–water partition coefficient (Wildman–Crippen LogP) is 3.20. The van der Waals surface area contributed by atoms with Crippen molar-refractivity contribution in [3.05, 3.63) is 29.8 Å². The molecule has 2 N–H and O–H groups in total. The van der Waals surface area contributed by atoms with Crippen molar-refractivity contribution in [3.8, 4) is 0 Å². The Bertz CT molecular complexity index is 438. The second-order valence-electron chi connectivity index (χ2n) is 5.61. The summed E-state index contributed by atoms with van der Waals surface area (Å²) in [5.74, 6) is 0.0307. The van der Waals surface area contributed by atoms with Gasteiger partial charge in [0.25, 0.3) is 0 Å². The maximum Gasteiger partial charge on any atom is 0.238 e. The third-order valence-corrected chi connectivity index (χ3v) is 5.43. The average Bonchev–Trinajstić information content (AvgIpc) is 2.91. The lowest BCUT2D eigenvalue weighted by atomic mass is 10.1. The molecule has 1 aromatic carbocycles. The van der Waals surface area contributed by atoms with Crippen LogP contribution in [0, 0.1) is 6.92 Å². The molecule has 0 heterocycles. The van der Waals surface area contributed by atoms with Gasteiger partial charge in [0.2, 0.25) is 5.91 Å². The van der Waals surface area contributed by atoms with Crippen LogP contribution in [-0.2, 0) is 4.79 Å². The van der Waals surface area contributed by atoms with Crippen molar-refractivity contribution in [3.63, 3.8) is 0 Å². The van der Waals surface area contributed by atoms with E-state index in [0.717, 1.165) is 12.2 Å². The Morgan fingerprint density at radius 1 is 1.25 bits per heavy atom. The minimum atomic E-state index is 0.0307. The Morgan fingerprint density at radius 2 is 1.90 bits per heavy atom. The molecule has 0 aliphatic heterocycles. The first-order valence-electron chi connectivity index (χ1n) is 7.26. The van der Waals surface area contributed by atoms with Crippen LogP contribution in [0.25, 0.3) is 0 Å². The molecule has 4 heteroatoms. The third kappa shape index (κ3) is 4.25. The maximum absolute atomic E-state index is 11.9. The van der Waals surface area contributed by atoms with Gasteiger partial charge in [-0.3, -0.25) is 4.79 Å². The quantitative estimate of drug-likeness (QED) is 0.846. The highest BCUT2D eigenvalue weighted by Gasteiger charge is 2.32. The lowest BCUT2D eigenvalue weighted by Crippen LogP contribution is -2.39. The first-order valence-corrected chi connectivity index (χ1v) is 8.48. The summed E-state index contributed by atoms with van der Waals surface area (Å²) >= 11 is 1.94. The van der Waals surface area contributed by atoms with E-state index >= 15 is 0 Å². The van der Waals surface area contributed by atoms with E-state index in [1.54, 1.807) is 0 Å². The Kier molecular flexibility index (Phi) is 5.49. The van der Waals surface area contributed by atoms with Crippen LogP contribution in [-0.4, -0.2) is 30.0 Å². The summed E-state index contributed by atoms with van der Waals surface area (Å²) in [5, 5.41) is 6.23. The Morgan fingerprint density at radius 3 is 2.50 bits per heavy atom. The first-order chi connectivity index (χ1) is 9.63. The van der Waals surface area contributed by atoms with Gasteiger partial charge in [-0.05, 0) is 38.2 Å². The molecule has 0 unspecified atom stereocenters. The highest BCUT2D eigenvalue weighted by molar-refractivity contribution is 8.00. The second-order valence-corrected chi connectivity index (χ2v) is 6.89. The zero-order valence-electron chi connectivity index (χ0n) is 12.4. The highest BCUT2D eigenvalue weighted by atomic mass is 32.2. The van der Waals surface area contributed by atoms with Gasteiger partial charge in [0.15, 0.2) is 0 Å². The van der Waals surface area contributed by atoms with Crippen LogP contribution in [0.1, 0.15) is 31.2 Å². The van der Waals surface area contributed by atoms with Gasteiger partial charge >= 0.3 is 0 Å². The largest absolute Gasteiger partial charge is 0.325 e. The van der Waals surface area contributed by atoms with Crippen LogP contribution in [0.5, 0.6) is 0 Å². The van der Waals surface area contributed by atoms with E-state index in [1.165, 1.54) is 31.2 Å². The topological polar surface area (TPSA) is 41.1 Å². The smallest absolute Gasteiger partial charge is 0.238 e. The summed E-state index contributed by atoms with van der Waals surface area (Å²) in [6, 6.07) is 7.88. The molecule has 1 aromatic rings. The third-order valence-electron chi connectivity index (χ3n) is 4.02. The molecule has 1 amide bonds. The Hall–Kier alpha value is -1.00. The number of amides is 1. The molecule has 1 aliphatic rings. The molecule has 0 atom stereocenters. The lowest BCUT2D eigenvalue weighted by Gasteiger charge is -2.26. The molecule has 1 saturated carbocycles. The standard InChI is InChI=1S/C16H24N2OS/c1-13-5-7-14(8-6-13)18-15(19)11-17-12-16(20-2)9-3-4-10-16/h5-8,17H,3-4,9-12H2,1-2H3,(H,18,19). The number of anilines is 1. The Labute approximate surface area is 125 Å². The molecular formula is C16H24N2OS. The van der Waals surface area contributed by atoms with Crippen LogP contribution in [0.15, 0.2) is 24.3 Å². The summed E-state index contributed by atoms with van der Waals surface area (Å²) < 4.78 is 0.351. The van der Waals surface area contributed by atoms with Gasteiger partial charge in [0.05, 0.1) is 6.54 Å². The van der Waals surface area contributed by atoms with Crippen molar-refractivity contribution in [2.45, 2.75) is 37.4 Å². The fraction of sp³-hybridized carbons (Fsp3) is 0.562. The number of rotatable bonds is 6. The van der Waals surface area contributed by atoms with Crippen LogP contribution < -0.4 is 10.6 Å². The van der Waals surface area contributed by atoms with Crippen molar-refractivity contribution in [1.29, 1.82) is 0 Å². The van der Waals surface area contributed by atoms with Crippen LogP contribution in [0.4, 0.5) is 5.69 Å². The zero-order valence-corrected chi connectivity index (χ0v) is 13.2. The fourth-order valence-corrected chi connectivity index (χ4v) is 3.66. The van der Waals surface area contributed by atoms with E-state index in [4.69, 9.17) is 0 Å². The van der Waals surface area contributed by atoms with Crippen LogP contribution >= 0.6 is 11.8 Å². The first kappa shape index (κ1) is 15.4. The molecule has 0 radical (unpaired) electrons. The summed E-state index contributed by atoms with van der Waals surface area (Å²) in [5.41, 5.74) is 2.06. The predicted molar refractivity (Wildman–Crippen MR) is 87.4 cm³/mol. The van der Waals surface area contributed by atoms with Crippen molar-refractivity contribution in [2.24, 2.45) is 0 Å². The number of benzene rings is 1. The summed E-state index contributed by atoms with van der Waals surface area (Å²) in [7, 11) is 0. The molecule has 2 rings (SSSR count).